The van der Waals surface area contributed by atoms with Crippen molar-refractivity contribution in [1.29, 1.82) is 0 Å². The second kappa shape index (κ2) is 5.94. The van der Waals surface area contributed by atoms with Gasteiger partial charge in [0, 0.05) is 17.1 Å². The average molecular weight is 254 g/mol. The molecule has 0 spiro atoms. The van der Waals surface area contributed by atoms with Crippen molar-refractivity contribution in [2.24, 2.45) is 0 Å². The summed E-state index contributed by atoms with van der Waals surface area (Å²) in [5.41, 5.74) is 0. The van der Waals surface area contributed by atoms with Crippen LogP contribution in [-0.2, 0) is 4.74 Å². The predicted molar refractivity (Wildman–Crippen MR) is 71.3 cm³/mol. The molecule has 0 bridgehead atoms. The molecule has 0 aromatic carbocycles. The van der Waals surface area contributed by atoms with E-state index in [9.17, 15) is 0 Å². The molecule has 0 amide bonds. The normalized spacial score (nSPS) is 26.3. The van der Waals surface area contributed by atoms with Crippen LogP contribution < -0.4 is 5.32 Å². The van der Waals surface area contributed by atoms with E-state index >= 15 is 0 Å². The maximum absolute atomic E-state index is 5.85. The fourth-order valence-corrected chi connectivity index (χ4v) is 3.11. The minimum absolute atomic E-state index is 0.238. The summed E-state index contributed by atoms with van der Waals surface area (Å²) >= 11 is 1.79. The molecule has 1 aliphatic rings. The first-order valence-electron chi connectivity index (χ1n) is 6.55. The fraction of sp³-hybridized carbons (Fsp3) is 0.769. The zero-order valence-electron chi connectivity index (χ0n) is 10.9. The molecule has 3 nitrogen and oxygen atoms in total. The van der Waals surface area contributed by atoms with Crippen molar-refractivity contribution in [2.75, 3.05) is 6.54 Å². The zero-order valence-corrected chi connectivity index (χ0v) is 11.7. The van der Waals surface area contributed by atoms with E-state index < -0.39 is 0 Å². The second-order valence-corrected chi connectivity index (χ2v) is 5.88. The maximum Gasteiger partial charge on any atom is 0.122 e. The molecule has 1 N–H and O–H groups in total. The Bertz CT molecular complexity index is 353. The maximum atomic E-state index is 5.85. The third-order valence-corrected chi connectivity index (χ3v) is 4.45. The third kappa shape index (κ3) is 3.27. The van der Waals surface area contributed by atoms with Gasteiger partial charge in [-0.1, -0.05) is 6.92 Å². The highest BCUT2D eigenvalue weighted by atomic mass is 32.1. The summed E-state index contributed by atoms with van der Waals surface area (Å²) in [6.45, 7) is 7.59. The van der Waals surface area contributed by atoms with E-state index in [-0.39, 0.29) is 6.10 Å². The number of hydrogen-bond donors (Lipinski definition) is 1. The number of rotatable bonds is 5. The first kappa shape index (κ1) is 13.0. The van der Waals surface area contributed by atoms with Crippen LogP contribution in [0.25, 0.3) is 0 Å². The Morgan fingerprint density at radius 3 is 3.06 bits per heavy atom. The molecule has 3 unspecified atom stereocenters. The van der Waals surface area contributed by atoms with Crippen LogP contribution in [0.2, 0.25) is 0 Å². The van der Waals surface area contributed by atoms with E-state index in [2.05, 4.69) is 31.1 Å². The zero-order chi connectivity index (χ0) is 12.3. The number of ether oxygens (including phenoxy) is 1. The van der Waals surface area contributed by atoms with Crippen molar-refractivity contribution in [2.45, 2.75) is 58.3 Å². The van der Waals surface area contributed by atoms with Crippen LogP contribution in [0.5, 0.6) is 0 Å². The van der Waals surface area contributed by atoms with Crippen LogP contribution in [-0.4, -0.2) is 17.6 Å². The summed E-state index contributed by atoms with van der Waals surface area (Å²) in [4.78, 5) is 5.83. The minimum Gasteiger partial charge on any atom is -0.368 e. The lowest BCUT2D eigenvalue weighted by molar-refractivity contribution is 0.0554. The molecule has 0 saturated carbocycles. The average Bonchev–Trinajstić information content (AvgIpc) is 2.93. The van der Waals surface area contributed by atoms with E-state index in [1.165, 1.54) is 11.3 Å². The molecular formula is C13H22N2OS. The smallest absolute Gasteiger partial charge is 0.122 e. The topological polar surface area (TPSA) is 34.2 Å². The van der Waals surface area contributed by atoms with Crippen molar-refractivity contribution < 1.29 is 4.74 Å². The first-order valence-corrected chi connectivity index (χ1v) is 7.36. The Hall–Kier alpha value is -0.450. The number of aromatic nitrogens is 1. The van der Waals surface area contributed by atoms with Gasteiger partial charge in [0.15, 0.2) is 0 Å². The van der Waals surface area contributed by atoms with E-state index in [0.29, 0.717) is 12.1 Å². The Labute approximate surface area is 108 Å². The van der Waals surface area contributed by atoms with Gasteiger partial charge in [0.05, 0.1) is 6.10 Å². The van der Waals surface area contributed by atoms with Gasteiger partial charge in [-0.25, -0.2) is 4.98 Å². The van der Waals surface area contributed by atoms with Gasteiger partial charge in [0.2, 0.25) is 0 Å². The van der Waals surface area contributed by atoms with Gasteiger partial charge < -0.3 is 10.1 Å². The highest BCUT2D eigenvalue weighted by Crippen LogP contribution is 2.35. The van der Waals surface area contributed by atoms with E-state index in [4.69, 9.17) is 4.74 Å². The lowest BCUT2D eigenvalue weighted by Crippen LogP contribution is -2.18. The van der Waals surface area contributed by atoms with E-state index in [1.807, 2.05) is 6.20 Å². The highest BCUT2D eigenvalue weighted by molar-refractivity contribution is 7.11. The lowest BCUT2D eigenvalue weighted by atomic mass is 10.2. The number of thiazole rings is 1. The quantitative estimate of drug-likeness (QED) is 0.874. The molecule has 1 aliphatic heterocycles. The molecular weight excluding hydrogens is 232 g/mol. The molecule has 0 aliphatic carbocycles. The fourth-order valence-electron chi connectivity index (χ4n) is 2.10. The van der Waals surface area contributed by atoms with Crippen LogP contribution in [0.1, 0.15) is 62.1 Å². The Morgan fingerprint density at radius 2 is 2.41 bits per heavy atom. The summed E-state index contributed by atoms with van der Waals surface area (Å²) in [7, 11) is 0. The predicted octanol–water partition coefficient (Wildman–Crippen LogP) is 3.44. The minimum atomic E-state index is 0.238. The monoisotopic (exact) mass is 254 g/mol. The van der Waals surface area contributed by atoms with Crippen LogP contribution in [0.4, 0.5) is 0 Å². The largest absolute Gasteiger partial charge is 0.368 e. The van der Waals surface area contributed by atoms with Gasteiger partial charge in [-0.2, -0.15) is 0 Å². The summed E-state index contributed by atoms with van der Waals surface area (Å²) in [5, 5.41) is 4.64. The molecule has 3 atom stereocenters. The standard InChI is InChI=1S/C13H22N2OS/c1-4-7-14-10(3)12-8-15-13(17-12)11-6-5-9(2)16-11/h8-11,14H,4-7H2,1-3H3. The molecule has 1 fully saturated rings. The van der Waals surface area contributed by atoms with Crippen LogP contribution in [0.15, 0.2) is 6.20 Å². The Balaban J connectivity index is 1.95. The molecule has 4 heteroatoms. The molecule has 1 aromatic heterocycles. The van der Waals surface area contributed by atoms with Crippen LogP contribution >= 0.6 is 11.3 Å². The SMILES string of the molecule is CCCNC(C)c1cnc(C2CCC(C)O2)s1. The van der Waals surface area contributed by atoms with Crippen LogP contribution in [0.3, 0.4) is 0 Å². The third-order valence-electron chi connectivity index (χ3n) is 3.18. The summed E-state index contributed by atoms with van der Waals surface area (Å²) in [5.74, 6) is 0. The Kier molecular flexibility index (Phi) is 4.54. The summed E-state index contributed by atoms with van der Waals surface area (Å²) in [6, 6.07) is 0.403. The first-order chi connectivity index (χ1) is 8.20. The van der Waals surface area contributed by atoms with Crippen molar-refractivity contribution in [3.8, 4) is 0 Å². The molecule has 17 heavy (non-hydrogen) atoms. The summed E-state index contributed by atoms with van der Waals surface area (Å²) < 4.78 is 5.85. The number of hydrogen-bond acceptors (Lipinski definition) is 4. The van der Waals surface area contributed by atoms with Gasteiger partial charge in [0.25, 0.3) is 0 Å². The van der Waals surface area contributed by atoms with Crippen molar-refractivity contribution >= 4 is 11.3 Å². The van der Waals surface area contributed by atoms with E-state index in [1.54, 1.807) is 11.3 Å². The van der Waals surface area contributed by atoms with Gasteiger partial charge in [-0.15, -0.1) is 11.3 Å². The second-order valence-electron chi connectivity index (χ2n) is 4.79. The lowest BCUT2D eigenvalue weighted by Gasteiger charge is -2.10. The van der Waals surface area contributed by atoms with Crippen molar-refractivity contribution in [1.82, 2.24) is 10.3 Å². The molecule has 2 rings (SSSR count). The highest BCUT2D eigenvalue weighted by Gasteiger charge is 2.26. The van der Waals surface area contributed by atoms with E-state index in [0.717, 1.165) is 24.4 Å². The van der Waals surface area contributed by atoms with Gasteiger partial charge in [-0.05, 0) is 39.7 Å². The molecule has 1 aromatic rings. The van der Waals surface area contributed by atoms with Gasteiger partial charge >= 0.3 is 0 Å². The summed E-state index contributed by atoms with van der Waals surface area (Å²) in [6.07, 6.45) is 6.07. The Morgan fingerprint density at radius 1 is 1.59 bits per heavy atom. The number of nitrogens with zero attached hydrogens (tertiary/aromatic N) is 1. The van der Waals surface area contributed by atoms with Crippen molar-refractivity contribution in [3.63, 3.8) is 0 Å². The molecule has 96 valence electrons. The molecule has 0 radical (unpaired) electrons. The van der Waals surface area contributed by atoms with Crippen LogP contribution in [0, 0.1) is 0 Å². The van der Waals surface area contributed by atoms with Crippen molar-refractivity contribution in [3.05, 3.63) is 16.1 Å². The molecule has 2 heterocycles. The van der Waals surface area contributed by atoms with Gasteiger partial charge in [0.1, 0.15) is 11.1 Å². The molecule has 1 saturated heterocycles. The number of nitrogens with one attached hydrogen (secondary N) is 1. The van der Waals surface area contributed by atoms with Gasteiger partial charge in [-0.3, -0.25) is 0 Å².